The molecular formula is C20H19N3O3S2. The largest absolute Gasteiger partial charge is 0.351 e. The van der Waals surface area contributed by atoms with Crippen LogP contribution in [-0.2, 0) is 5.75 Å². The van der Waals surface area contributed by atoms with Crippen molar-refractivity contribution in [1.29, 1.82) is 0 Å². The summed E-state index contributed by atoms with van der Waals surface area (Å²) in [7, 11) is 0. The molecule has 0 aliphatic carbocycles. The van der Waals surface area contributed by atoms with Crippen LogP contribution >= 0.6 is 23.1 Å². The molecule has 28 heavy (non-hydrogen) atoms. The Bertz CT molecular complexity index is 931. The molecule has 0 saturated heterocycles. The van der Waals surface area contributed by atoms with Gasteiger partial charge in [0.2, 0.25) is 0 Å². The van der Waals surface area contributed by atoms with Crippen molar-refractivity contribution < 1.29 is 9.72 Å². The van der Waals surface area contributed by atoms with E-state index >= 15 is 0 Å². The van der Waals surface area contributed by atoms with Gasteiger partial charge in [0, 0.05) is 35.4 Å². The average Bonchev–Trinajstić information content (AvgIpc) is 3.22. The van der Waals surface area contributed by atoms with Gasteiger partial charge in [-0.1, -0.05) is 18.2 Å². The molecule has 0 fully saturated rings. The van der Waals surface area contributed by atoms with Crippen LogP contribution in [0.25, 0.3) is 0 Å². The monoisotopic (exact) mass is 413 g/mol. The van der Waals surface area contributed by atoms with E-state index in [0.29, 0.717) is 12.2 Å². The summed E-state index contributed by atoms with van der Waals surface area (Å²) in [4.78, 5) is 23.3. The summed E-state index contributed by atoms with van der Waals surface area (Å²) in [5.41, 5.74) is 2.50. The number of carbonyl (C=O) groups is 1. The number of para-hydroxylation sites is 1. The first kappa shape index (κ1) is 19.9. The summed E-state index contributed by atoms with van der Waals surface area (Å²) in [6.07, 6.45) is 0. The van der Waals surface area contributed by atoms with Gasteiger partial charge in [-0.3, -0.25) is 14.9 Å². The summed E-state index contributed by atoms with van der Waals surface area (Å²) in [5, 5.41) is 21.4. The van der Waals surface area contributed by atoms with Crippen molar-refractivity contribution in [2.75, 3.05) is 17.6 Å². The van der Waals surface area contributed by atoms with E-state index in [-0.39, 0.29) is 17.2 Å². The van der Waals surface area contributed by atoms with Crippen molar-refractivity contribution in [3.8, 4) is 0 Å². The van der Waals surface area contributed by atoms with E-state index in [2.05, 4.69) is 22.1 Å². The van der Waals surface area contributed by atoms with Crippen LogP contribution in [-0.4, -0.2) is 23.1 Å². The molecule has 1 amide bonds. The number of carbonyl (C=O) groups excluding carboxylic acids is 1. The van der Waals surface area contributed by atoms with Crippen molar-refractivity contribution in [3.63, 3.8) is 0 Å². The average molecular weight is 414 g/mol. The number of hydrogen-bond donors (Lipinski definition) is 2. The molecule has 1 heterocycles. The summed E-state index contributed by atoms with van der Waals surface area (Å²) in [6.45, 7) is 0.505. The lowest BCUT2D eigenvalue weighted by molar-refractivity contribution is -0.383. The molecule has 8 heteroatoms. The predicted octanol–water partition coefficient (Wildman–Crippen LogP) is 5.06. The standard InChI is InChI=1S/C20H19N3O3S2/c24-20(21-9-11-28-14-15-8-10-27-13-15)16-6-7-18(19(12-16)23(25)26)22-17-4-2-1-3-5-17/h1-8,10,12-13,22H,9,11,14H2,(H,21,24). The van der Waals surface area contributed by atoms with Crippen LogP contribution in [0.15, 0.2) is 65.4 Å². The Hall–Kier alpha value is -2.84. The third-order valence-corrected chi connectivity index (χ3v) is 5.65. The maximum atomic E-state index is 12.3. The Morgan fingerprint density at radius 1 is 1.14 bits per heavy atom. The van der Waals surface area contributed by atoms with E-state index in [0.717, 1.165) is 17.2 Å². The minimum Gasteiger partial charge on any atom is -0.351 e. The Balaban J connectivity index is 1.57. The van der Waals surface area contributed by atoms with E-state index < -0.39 is 4.92 Å². The third kappa shape index (κ3) is 5.58. The first-order chi connectivity index (χ1) is 13.6. The second-order valence-corrected chi connectivity index (χ2v) is 7.81. The second kappa shape index (κ2) is 9.91. The molecule has 2 N–H and O–H groups in total. The molecule has 0 aliphatic rings. The molecule has 0 atom stereocenters. The van der Waals surface area contributed by atoms with Crippen LogP contribution in [0.3, 0.4) is 0 Å². The molecule has 144 valence electrons. The fourth-order valence-corrected chi connectivity index (χ4v) is 4.09. The predicted molar refractivity (Wildman–Crippen MR) is 116 cm³/mol. The van der Waals surface area contributed by atoms with E-state index in [4.69, 9.17) is 0 Å². The van der Waals surface area contributed by atoms with Gasteiger partial charge in [0.15, 0.2) is 0 Å². The molecular weight excluding hydrogens is 394 g/mol. The van der Waals surface area contributed by atoms with Crippen molar-refractivity contribution in [1.82, 2.24) is 5.32 Å². The number of benzene rings is 2. The van der Waals surface area contributed by atoms with E-state index in [1.807, 2.05) is 35.7 Å². The van der Waals surface area contributed by atoms with Crippen molar-refractivity contribution in [2.24, 2.45) is 0 Å². The molecule has 3 rings (SSSR count). The molecule has 0 aliphatic heterocycles. The van der Waals surface area contributed by atoms with Gasteiger partial charge in [-0.25, -0.2) is 0 Å². The Morgan fingerprint density at radius 3 is 2.68 bits per heavy atom. The number of nitro groups is 1. The first-order valence-corrected chi connectivity index (χ1v) is 10.7. The van der Waals surface area contributed by atoms with Gasteiger partial charge in [0.1, 0.15) is 5.69 Å². The third-order valence-electron chi connectivity index (χ3n) is 3.89. The highest BCUT2D eigenvalue weighted by Gasteiger charge is 2.17. The highest BCUT2D eigenvalue weighted by molar-refractivity contribution is 7.98. The first-order valence-electron chi connectivity index (χ1n) is 8.61. The number of amides is 1. The number of rotatable bonds is 9. The summed E-state index contributed by atoms with van der Waals surface area (Å²) in [6, 6.07) is 15.7. The summed E-state index contributed by atoms with van der Waals surface area (Å²) >= 11 is 3.40. The van der Waals surface area contributed by atoms with Gasteiger partial charge in [0.05, 0.1) is 4.92 Å². The van der Waals surface area contributed by atoms with Crippen LogP contribution in [0, 0.1) is 10.1 Å². The van der Waals surface area contributed by atoms with Crippen LogP contribution in [0.2, 0.25) is 0 Å². The van der Waals surface area contributed by atoms with Crippen molar-refractivity contribution in [3.05, 3.63) is 86.6 Å². The fourth-order valence-electron chi connectivity index (χ4n) is 2.51. The van der Waals surface area contributed by atoms with E-state index in [1.54, 1.807) is 35.2 Å². The molecule has 0 unspecified atom stereocenters. The quantitative estimate of drug-likeness (QED) is 0.291. The van der Waals surface area contributed by atoms with Gasteiger partial charge < -0.3 is 10.6 Å². The normalized spacial score (nSPS) is 10.4. The Morgan fingerprint density at radius 2 is 1.96 bits per heavy atom. The zero-order chi connectivity index (χ0) is 19.8. The molecule has 1 aromatic heterocycles. The van der Waals surface area contributed by atoms with Crippen LogP contribution in [0.5, 0.6) is 0 Å². The lowest BCUT2D eigenvalue weighted by Crippen LogP contribution is -2.25. The Labute approximate surface area is 171 Å². The van der Waals surface area contributed by atoms with Gasteiger partial charge >= 0.3 is 0 Å². The number of thioether (sulfide) groups is 1. The number of nitro benzene ring substituents is 1. The van der Waals surface area contributed by atoms with Crippen molar-refractivity contribution in [2.45, 2.75) is 5.75 Å². The maximum absolute atomic E-state index is 12.3. The number of nitrogens with zero attached hydrogens (tertiary/aromatic N) is 1. The number of nitrogens with one attached hydrogen (secondary N) is 2. The fraction of sp³-hybridized carbons (Fsp3) is 0.150. The highest BCUT2D eigenvalue weighted by Crippen LogP contribution is 2.28. The summed E-state index contributed by atoms with van der Waals surface area (Å²) < 4.78 is 0. The van der Waals surface area contributed by atoms with Gasteiger partial charge in [-0.2, -0.15) is 23.1 Å². The topological polar surface area (TPSA) is 84.3 Å². The Kier molecular flexibility index (Phi) is 7.05. The molecule has 0 spiro atoms. The number of hydrogen-bond acceptors (Lipinski definition) is 6. The molecule has 6 nitrogen and oxygen atoms in total. The smallest absolute Gasteiger partial charge is 0.293 e. The lowest BCUT2D eigenvalue weighted by Gasteiger charge is -2.09. The minimum atomic E-state index is -0.487. The van der Waals surface area contributed by atoms with Crippen molar-refractivity contribution >= 4 is 46.1 Å². The van der Waals surface area contributed by atoms with Gasteiger partial charge in [0.25, 0.3) is 11.6 Å². The number of thiophene rings is 1. The van der Waals surface area contributed by atoms with Gasteiger partial charge in [-0.05, 0) is 46.7 Å². The SMILES string of the molecule is O=C(NCCSCc1ccsc1)c1ccc(Nc2ccccc2)c([N+](=O)[O-])c1. The van der Waals surface area contributed by atoms with Gasteiger partial charge in [-0.15, -0.1) is 0 Å². The molecule has 3 aromatic rings. The molecule has 0 saturated carbocycles. The number of anilines is 2. The van der Waals surface area contributed by atoms with E-state index in [9.17, 15) is 14.9 Å². The van der Waals surface area contributed by atoms with Crippen LogP contribution in [0.4, 0.5) is 17.1 Å². The van der Waals surface area contributed by atoms with E-state index in [1.165, 1.54) is 11.6 Å². The van der Waals surface area contributed by atoms with Crippen LogP contribution < -0.4 is 10.6 Å². The zero-order valence-corrected chi connectivity index (χ0v) is 16.6. The molecule has 0 bridgehead atoms. The zero-order valence-electron chi connectivity index (χ0n) is 15.0. The minimum absolute atomic E-state index is 0.136. The maximum Gasteiger partial charge on any atom is 0.293 e. The van der Waals surface area contributed by atoms with Crippen LogP contribution in [0.1, 0.15) is 15.9 Å². The molecule has 0 radical (unpaired) electrons. The highest BCUT2D eigenvalue weighted by atomic mass is 32.2. The lowest BCUT2D eigenvalue weighted by atomic mass is 10.1. The second-order valence-electron chi connectivity index (χ2n) is 5.92. The summed E-state index contributed by atoms with van der Waals surface area (Å²) in [5.74, 6) is 1.37. The molecule has 2 aromatic carbocycles.